The first kappa shape index (κ1) is 18.6. The van der Waals surface area contributed by atoms with Crippen molar-refractivity contribution in [1.29, 1.82) is 0 Å². The maximum Gasteiger partial charge on any atom is 0.259 e. The summed E-state index contributed by atoms with van der Waals surface area (Å²) >= 11 is 2.82. The van der Waals surface area contributed by atoms with E-state index in [1.54, 1.807) is 19.1 Å². The lowest BCUT2D eigenvalue weighted by Gasteiger charge is -2.12. The number of rotatable bonds is 5. The number of halogens is 1. The minimum Gasteiger partial charge on any atom is -0.323 e. The Hall–Kier alpha value is -2.19. The fourth-order valence-electron chi connectivity index (χ4n) is 2.44. The number of amides is 1. The number of hydrogen-bond donors (Lipinski definition) is 2. The Bertz CT molecular complexity index is 1030. The molecule has 8 heteroatoms. The van der Waals surface area contributed by atoms with Crippen LogP contribution in [0.25, 0.3) is 10.2 Å². The van der Waals surface area contributed by atoms with Gasteiger partial charge in [0.25, 0.3) is 5.56 Å². The van der Waals surface area contributed by atoms with Crippen molar-refractivity contribution in [2.45, 2.75) is 31.8 Å². The summed E-state index contributed by atoms with van der Waals surface area (Å²) in [7, 11) is 0. The maximum atomic E-state index is 13.6. The molecule has 3 aromatic rings. The van der Waals surface area contributed by atoms with Gasteiger partial charge in [-0.1, -0.05) is 12.1 Å². The number of H-pyrrole nitrogens is 1. The summed E-state index contributed by atoms with van der Waals surface area (Å²) in [6, 6.07) is 6.03. The Morgan fingerprint density at radius 2 is 2.12 bits per heavy atom. The number of aryl methyl sites for hydroxylation is 2. The zero-order valence-electron chi connectivity index (χ0n) is 14.6. The van der Waals surface area contributed by atoms with E-state index < -0.39 is 11.1 Å². The highest BCUT2D eigenvalue weighted by Crippen LogP contribution is 2.26. The molecular formula is C18H18FN3O2S2. The van der Waals surface area contributed by atoms with Crippen LogP contribution in [0.3, 0.4) is 0 Å². The van der Waals surface area contributed by atoms with Gasteiger partial charge in [-0.15, -0.1) is 23.1 Å². The molecule has 2 heterocycles. The summed E-state index contributed by atoms with van der Waals surface area (Å²) in [5.41, 5.74) is 0.953. The Morgan fingerprint density at radius 1 is 1.38 bits per heavy atom. The minimum atomic E-state index is -0.474. The predicted molar refractivity (Wildman–Crippen MR) is 106 cm³/mol. The predicted octanol–water partition coefficient (Wildman–Crippen LogP) is 4.00. The third-order valence-corrected chi connectivity index (χ3v) is 6.31. The van der Waals surface area contributed by atoms with Gasteiger partial charge in [-0.25, -0.2) is 9.37 Å². The van der Waals surface area contributed by atoms with E-state index in [0.29, 0.717) is 21.8 Å². The molecule has 3 rings (SSSR count). The molecular weight excluding hydrogens is 373 g/mol. The molecule has 0 unspecified atom stereocenters. The van der Waals surface area contributed by atoms with Crippen LogP contribution >= 0.6 is 23.1 Å². The van der Waals surface area contributed by atoms with Gasteiger partial charge in [-0.3, -0.25) is 9.59 Å². The van der Waals surface area contributed by atoms with Crippen molar-refractivity contribution in [3.63, 3.8) is 0 Å². The van der Waals surface area contributed by atoms with Gasteiger partial charge in [0.2, 0.25) is 5.91 Å². The molecule has 0 bridgehead atoms. The Labute approximate surface area is 158 Å². The first-order chi connectivity index (χ1) is 12.4. The zero-order chi connectivity index (χ0) is 18.8. The SMILES string of the molecule is Cc1sc2nc(CS[C@@H](C)C(=O)Nc3ccccc3F)[nH]c(=O)c2c1C. The molecule has 0 radical (unpaired) electrons. The molecule has 26 heavy (non-hydrogen) atoms. The molecule has 1 atom stereocenters. The quantitative estimate of drug-likeness (QED) is 0.689. The number of fused-ring (bicyclic) bond motifs is 1. The van der Waals surface area contributed by atoms with Crippen LogP contribution < -0.4 is 10.9 Å². The van der Waals surface area contributed by atoms with Gasteiger partial charge >= 0.3 is 0 Å². The van der Waals surface area contributed by atoms with E-state index in [1.807, 2.05) is 13.8 Å². The second-order valence-corrected chi connectivity index (χ2v) is 8.43. The van der Waals surface area contributed by atoms with Crippen molar-refractivity contribution in [3.05, 3.63) is 56.7 Å². The highest BCUT2D eigenvalue weighted by atomic mass is 32.2. The van der Waals surface area contributed by atoms with Crippen LogP contribution in [0, 0.1) is 19.7 Å². The Balaban J connectivity index is 1.68. The first-order valence-corrected chi connectivity index (χ1v) is 9.89. The summed E-state index contributed by atoms with van der Waals surface area (Å²) in [6.07, 6.45) is 0. The monoisotopic (exact) mass is 391 g/mol. The molecule has 0 saturated heterocycles. The molecule has 2 N–H and O–H groups in total. The van der Waals surface area contributed by atoms with Crippen LogP contribution in [-0.4, -0.2) is 21.1 Å². The molecule has 1 amide bonds. The molecule has 0 aliphatic rings. The molecule has 1 aromatic carbocycles. The van der Waals surface area contributed by atoms with E-state index in [9.17, 15) is 14.0 Å². The molecule has 0 spiro atoms. The summed E-state index contributed by atoms with van der Waals surface area (Å²) in [5, 5.41) is 2.78. The van der Waals surface area contributed by atoms with Gasteiger partial charge in [-0.05, 0) is 38.5 Å². The number of thioether (sulfide) groups is 1. The van der Waals surface area contributed by atoms with Gasteiger partial charge in [0.15, 0.2) is 0 Å². The van der Waals surface area contributed by atoms with Crippen molar-refractivity contribution >= 4 is 44.9 Å². The second-order valence-electron chi connectivity index (χ2n) is 5.90. The van der Waals surface area contributed by atoms with Crippen molar-refractivity contribution in [1.82, 2.24) is 9.97 Å². The van der Waals surface area contributed by atoms with Crippen LogP contribution in [-0.2, 0) is 10.5 Å². The van der Waals surface area contributed by atoms with Gasteiger partial charge in [-0.2, -0.15) is 0 Å². The highest BCUT2D eigenvalue weighted by Gasteiger charge is 2.17. The number of para-hydroxylation sites is 1. The summed E-state index contributed by atoms with van der Waals surface area (Å²) in [5.74, 6) is 0.135. The number of thiophene rings is 1. The van der Waals surface area contributed by atoms with Crippen molar-refractivity contribution in [3.8, 4) is 0 Å². The Kier molecular flexibility index (Phi) is 5.43. The number of nitrogens with one attached hydrogen (secondary N) is 2. The van der Waals surface area contributed by atoms with E-state index in [1.165, 1.54) is 35.2 Å². The molecule has 5 nitrogen and oxygen atoms in total. The third kappa shape index (κ3) is 3.81. The smallest absolute Gasteiger partial charge is 0.259 e. The fourth-order valence-corrected chi connectivity index (χ4v) is 4.25. The second kappa shape index (κ2) is 7.59. The molecule has 0 aliphatic heterocycles. The van der Waals surface area contributed by atoms with Crippen LogP contribution in [0.1, 0.15) is 23.2 Å². The maximum absolute atomic E-state index is 13.6. The molecule has 136 valence electrons. The van der Waals surface area contributed by atoms with Crippen molar-refractivity contribution in [2.75, 3.05) is 5.32 Å². The molecule has 0 aliphatic carbocycles. The number of anilines is 1. The third-order valence-electron chi connectivity index (χ3n) is 4.06. The normalized spacial score (nSPS) is 12.3. The number of carbonyl (C=O) groups excluding carboxylic acids is 1. The largest absolute Gasteiger partial charge is 0.323 e. The lowest BCUT2D eigenvalue weighted by atomic mass is 10.2. The van der Waals surface area contributed by atoms with Crippen LogP contribution in [0.4, 0.5) is 10.1 Å². The van der Waals surface area contributed by atoms with E-state index >= 15 is 0 Å². The number of hydrogen-bond acceptors (Lipinski definition) is 5. The van der Waals surface area contributed by atoms with Gasteiger partial charge < -0.3 is 10.3 Å². The van der Waals surface area contributed by atoms with Crippen LogP contribution in [0.15, 0.2) is 29.1 Å². The minimum absolute atomic E-state index is 0.155. The van der Waals surface area contributed by atoms with Crippen molar-refractivity contribution in [2.24, 2.45) is 0 Å². The molecule has 0 saturated carbocycles. The van der Waals surface area contributed by atoms with Gasteiger partial charge in [0, 0.05) is 4.88 Å². The zero-order valence-corrected chi connectivity index (χ0v) is 16.2. The average Bonchev–Trinajstić information content (AvgIpc) is 2.89. The highest BCUT2D eigenvalue weighted by molar-refractivity contribution is 7.99. The van der Waals surface area contributed by atoms with E-state index in [4.69, 9.17) is 0 Å². The number of benzene rings is 1. The number of nitrogens with zero attached hydrogens (tertiary/aromatic N) is 1. The molecule has 0 fully saturated rings. The number of carbonyl (C=O) groups is 1. The standard InChI is InChI=1S/C18H18FN3O2S2/c1-9-10(2)26-18-15(9)17(24)21-14(22-18)8-25-11(3)16(23)20-13-7-5-4-6-12(13)19/h4-7,11H,8H2,1-3H3,(H,20,23)(H,21,22,24)/t11-/m0/s1. The lowest BCUT2D eigenvalue weighted by molar-refractivity contribution is -0.115. The van der Waals surface area contributed by atoms with Crippen LogP contribution in [0.2, 0.25) is 0 Å². The van der Waals surface area contributed by atoms with E-state index in [-0.39, 0.29) is 17.2 Å². The van der Waals surface area contributed by atoms with Gasteiger partial charge in [0.05, 0.1) is 22.1 Å². The number of aromatic nitrogens is 2. The summed E-state index contributed by atoms with van der Waals surface area (Å²) in [6.45, 7) is 5.61. The summed E-state index contributed by atoms with van der Waals surface area (Å²) < 4.78 is 13.6. The van der Waals surface area contributed by atoms with Gasteiger partial charge in [0.1, 0.15) is 16.5 Å². The average molecular weight is 391 g/mol. The summed E-state index contributed by atoms with van der Waals surface area (Å²) in [4.78, 5) is 33.6. The Morgan fingerprint density at radius 3 is 2.85 bits per heavy atom. The lowest BCUT2D eigenvalue weighted by Crippen LogP contribution is -2.23. The fraction of sp³-hybridized carbons (Fsp3) is 0.278. The van der Waals surface area contributed by atoms with Crippen molar-refractivity contribution < 1.29 is 9.18 Å². The topological polar surface area (TPSA) is 74.8 Å². The van der Waals surface area contributed by atoms with E-state index in [2.05, 4.69) is 15.3 Å². The van der Waals surface area contributed by atoms with Crippen LogP contribution in [0.5, 0.6) is 0 Å². The number of aromatic amines is 1. The van der Waals surface area contributed by atoms with E-state index in [0.717, 1.165) is 10.4 Å². The molecule has 2 aromatic heterocycles. The first-order valence-electron chi connectivity index (χ1n) is 8.02.